The summed E-state index contributed by atoms with van der Waals surface area (Å²) in [5.41, 5.74) is 4.79. The van der Waals surface area contributed by atoms with E-state index in [0.29, 0.717) is 13.1 Å². The van der Waals surface area contributed by atoms with Gasteiger partial charge in [-0.1, -0.05) is 42.5 Å². The highest BCUT2D eigenvalue weighted by Gasteiger charge is 2.27. The van der Waals surface area contributed by atoms with Crippen molar-refractivity contribution >= 4 is 17.3 Å². The average Bonchev–Trinajstić information content (AvgIpc) is 2.79. The van der Waals surface area contributed by atoms with Crippen LogP contribution in [0, 0.1) is 19.8 Å². The van der Waals surface area contributed by atoms with Gasteiger partial charge in [0.05, 0.1) is 24.3 Å². The van der Waals surface area contributed by atoms with E-state index >= 15 is 0 Å². The zero-order valence-electron chi connectivity index (χ0n) is 18.0. The van der Waals surface area contributed by atoms with Gasteiger partial charge in [0, 0.05) is 24.8 Å². The summed E-state index contributed by atoms with van der Waals surface area (Å²) < 4.78 is 1.47. The Hall–Kier alpha value is -3.41. The number of nitrogens with one attached hydrogen (secondary N) is 1. The average molecular weight is 417 g/mol. The summed E-state index contributed by atoms with van der Waals surface area (Å²) in [6, 6.07) is 17.4. The highest BCUT2D eigenvalue weighted by molar-refractivity contribution is 5.93. The van der Waals surface area contributed by atoms with E-state index < -0.39 is 0 Å². The SMILES string of the molecule is Cc1cccc(NC(=O)C2CCCN(c3cnn(Cc4ccccc4)c(=O)c3)C2)c1C. The number of hydrogen-bond acceptors (Lipinski definition) is 4. The molecule has 1 N–H and O–H groups in total. The second kappa shape index (κ2) is 9.16. The summed E-state index contributed by atoms with van der Waals surface area (Å²) >= 11 is 0. The number of piperidine rings is 1. The van der Waals surface area contributed by atoms with E-state index in [1.807, 2.05) is 62.4 Å². The Morgan fingerprint density at radius 1 is 1.13 bits per heavy atom. The molecule has 160 valence electrons. The molecule has 1 aromatic heterocycles. The molecule has 6 heteroatoms. The lowest BCUT2D eigenvalue weighted by molar-refractivity contribution is -0.120. The molecule has 1 saturated heterocycles. The number of aryl methyl sites for hydroxylation is 1. The minimum atomic E-state index is -0.136. The number of amides is 1. The van der Waals surface area contributed by atoms with E-state index in [2.05, 4.69) is 15.3 Å². The largest absolute Gasteiger partial charge is 0.369 e. The zero-order valence-corrected chi connectivity index (χ0v) is 18.0. The third-order valence-corrected chi connectivity index (χ3v) is 6.05. The summed E-state index contributed by atoms with van der Waals surface area (Å²) in [4.78, 5) is 27.6. The number of hydrogen-bond donors (Lipinski definition) is 1. The van der Waals surface area contributed by atoms with Gasteiger partial charge in [-0.3, -0.25) is 9.59 Å². The molecule has 1 aliphatic heterocycles. The smallest absolute Gasteiger partial charge is 0.269 e. The Morgan fingerprint density at radius 3 is 2.71 bits per heavy atom. The molecule has 1 atom stereocenters. The number of nitrogens with zero attached hydrogens (tertiary/aromatic N) is 3. The number of carbonyl (C=O) groups is 1. The van der Waals surface area contributed by atoms with Crippen LogP contribution in [-0.2, 0) is 11.3 Å². The van der Waals surface area contributed by atoms with Crippen LogP contribution in [0.25, 0.3) is 0 Å². The lowest BCUT2D eigenvalue weighted by Crippen LogP contribution is -2.41. The number of aromatic nitrogens is 2. The molecule has 0 saturated carbocycles. The zero-order chi connectivity index (χ0) is 21.8. The Labute approximate surface area is 182 Å². The van der Waals surface area contributed by atoms with Gasteiger partial charge >= 0.3 is 0 Å². The Morgan fingerprint density at radius 2 is 1.94 bits per heavy atom. The van der Waals surface area contributed by atoms with Crippen molar-refractivity contribution < 1.29 is 4.79 Å². The van der Waals surface area contributed by atoms with Crippen LogP contribution in [0.4, 0.5) is 11.4 Å². The van der Waals surface area contributed by atoms with Crippen LogP contribution in [0.15, 0.2) is 65.6 Å². The number of rotatable bonds is 5. The highest BCUT2D eigenvalue weighted by Crippen LogP contribution is 2.24. The van der Waals surface area contributed by atoms with Gasteiger partial charge in [0.15, 0.2) is 0 Å². The molecule has 2 aromatic carbocycles. The van der Waals surface area contributed by atoms with E-state index in [4.69, 9.17) is 0 Å². The highest BCUT2D eigenvalue weighted by atomic mass is 16.2. The standard InChI is InChI=1S/C25H28N4O2/c1-18-8-6-12-23(19(18)2)27-25(31)21-11-7-13-28(17-21)22-14-24(30)29(26-15-22)16-20-9-4-3-5-10-20/h3-6,8-10,12,14-15,21H,7,11,13,16-17H2,1-2H3,(H,27,31). The van der Waals surface area contributed by atoms with Crippen molar-refractivity contribution in [3.05, 3.63) is 87.8 Å². The lowest BCUT2D eigenvalue weighted by Gasteiger charge is -2.33. The van der Waals surface area contributed by atoms with Crippen LogP contribution < -0.4 is 15.8 Å². The summed E-state index contributed by atoms with van der Waals surface area (Å²) in [6.07, 6.45) is 3.47. The molecule has 1 unspecified atom stereocenters. The van der Waals surface area contributed by atoms with Gasteiger partial charge < -0.3 is 10.2 Å². The number of carbonyl (C=O) groups excluding carboxylic acids is 1. The molecule has 1 aliphatic rings. The summed E-state index contributed by atoms with van der Waals surface area (Å²) in [7, 11) is 0. The van der Waals surface area contributed by atoms with Gasteiger partial charge in [0.2, 0.25) is 5.91 Å². The normalized spacial score (nSPS) is 16.2. The van der Waals surface area contributed by atoms with Crippen LogP contribution in [0.1, 0.15) is 29.5 Å². The third kappa shape index (κ3) is 4.85. The monoisotopic (exact) mass is 416 g/mol. The van der Waals surface area contributed by atoms with Crippen molar-refractivity contribution in [2.45, 2.75) is 33.2 Å². The number of benzene rings is 2. The molecule has 1 fully saturated rings. The van der Waals surface area contributed by atoms with Crippen molar-refractivity contribution in [1.29, 1.82) is 0 Å². The van der Waals surface area contributed by atoms with Gasteiger partial charge in [-0.15, -0.1) is 0 Å². The van der Waals surface area contributed by atoms with Crippen LogP contribution in [-0.4, -0.2) is 28.8 Å². The molecular formula is C25H28N4O2. The molecule has 2 heterocycles. The van der Waals surface area contributed by atoms with E-state index in [9.17, 15) is 9.59 Å². The van der Waals surface area contributed by atoms with Gasteiger partial charge in [-0.2, -0.15) is 5.10 Å². The Bertz CT molecular complexity index is 1120. The van der Waals surface area contributed by atoms with Gasteiger partial charge in [0.25, 0.3) is 5.56 Å². The third-order valence-electron chi connectivity index (χ3n) is 6.05. The summed E-state index contributed by atoms with van der Waals surface area (Å²) in [5, 5.41) is 7.46. The van der Waals surface area contributed by atoms with E-state index in [1.54, 1.807) is 12.3 Å². The van der Waals surface area contributed by atoms with E-state index in [1.165, 1.54) is 4.68 Å². The second-order valence-electron chi connectivity index (χ2n) is 8.22. The van der Waals surface area contributed by atoms with Crippen molar-refractivity contribution in [3.63, 3.8) is 0 Å². The summed E-state index contributed by atoms with van der Waals surface area (Å²) in [5.74, 6) is -0.0933. The first kappa shape index (κ1) is 20.8. The first-order chi connectivity index (χ1) is 15.0. The molecule has 3 aromatic rings. The van der Waals surface area contributed by atoms with E-state index in [-0.39, 0.29) is 17.4 Å². The minimum Gasteiger partial charge on any atom is -0.369 e. The van der Waals surface area contributed by atoms with Crippen LogP contribution in [0.3, 0.4) is 0 Å². The molecule has 4 rings (SSSR count). The molecule has 6 nitrogen and oxygen atoms in total. The molecular weight excluding hydrogens is 388 g/mol. The Kier molecular flexibility index (Phi) is 6.16. The molecule has 0 radical (unpaired) electrons. The minimum absolute atomic E-state index is 0.0313. The maximum atomic E-state index is 12.9. The predicted molar refractivity (Wildman–Crippen MR) is 124 cm³/mol. The fourth-order valence-electron chi connectivity index (χ4n) is 4.02. The molecule has 0 bridgehead atoms. The second-order valence-corrected chi connectivity index (χ2v) is 8.22. The topological polar surface area (TPSA) is 67.2 Å². The van der Waals surface area contributed by atoms with Crippen LogP contribution in [0.5, 0.6) is 0 Å². The fraction of sp³-hybridized carbons (Fsp3) is 0.320. The fourth-order valence-corrected chi connectivity index (χ4v) is 4.02. The van der Waals surface area contributed by atoms with Crippen LogP contribution >= 0.6 is 0 Å². The molecule has 31 heavy (non-hydrogen) atoms. The van der Waals surface area contributed by atoms with Crippen LogP contribution in [0.2, 0.25) is 0 Å². The first-order valence-corrected chi connectivity index (χ1v) is 10.7. The van der Waals surface area contributed by atoms with Crippen molar-refractivity contribution in [2.24, 2.45) is 5.92 Å². The molecule has 0 aliphatic carbocycles. The maximum absolute atomic E-state index is 12.9. The van der Waals surface area contributed by atoms with Gasteiger partial charge in [0.1, 0.15) is 0 Å². The van der Waals surface area contributed by atoms with E-state index in [0.717, 1.165) is 47.5 Å². The van der Waals surface area contributed by atoms with Crippen molar-refractivity contribution in [2.75, 3.05) is 23.3 Å². The quantitative estimate of drug-likeness (QED) is 0.688. The van der Waals surface area contributed by atoms with Crippen molar-refractivity contribution in [3.8, 4) is 0 Å². The van der Waals surface area contributed by atoms with Crippen molar-refractivity contribution in [1.82, 2.24) is 9.78 Å². The van der Waals surface area contributed by atoms with Gasteiger partial charge in [-0.25, -0.2) is 4.68 Å². The summed E-state index contributed by atoms with van der Waals surface area (Å²) in [6.45, 7) is 5.91. The Balaban J connectivity index is 1.44. The van der Waals surface area contributed by atoms with Gasteiger partial charge in [-0.05, 0) is 49.4 Å². The maximum Gasteiger partial charge on any atom is 0.269 e. The number of anilines is 2. The molecule has 0 spiro atoms. The molecule has 1 amide bonds. The predicted octanol–water partition coefficient (Wildman–Crippen LogP) is 3.76. The lowest BCUT2D eigenvalue weighted by atomic mass is 9.96. The first-order valence-electron chi connectivity index (χ1n) is 10.7.